The molecule has 0 unspecified atom stereocenters. The van der Waals surface area contributed by atoms with Gasteiger partial charge in [0, 0.05) is 22.7 Å². The quantitative estimate of drug-likeness (QED) is 0.894. The predicted molar refractivity (Wildman–Crippen MR) is 76.3 cm³/mol. The maximum absolute atomic E-state index is 12.2. The number of aromatic amines is 1. The molecule has 0 radical (unpaired) electrons. The minimum Gasteiger partial charge on any atom is -0.480 e. The van der Waals surface area contributed by atoms with Gasteiger partial charge in [-0.3, -0.25) is 9.89 Å². The van der Waals surface area contributed by atoms with E-state index in [-0.39, 0.29) is 5.91 Å². The number of nitrogens with zero attached hydrogens (tertiary/aromatic N) is 1. The molecule has 6 heteroatoms. The zero-order valence-electron chi connectivity index (χ0n) is 11.2. The van der Waals surface area contributed by atoms with Crippen molar-refractivity contribution in [2.45, 2.75) is 26.4 Å². The van der Waals surface area contributed by atoms with Crippen LogP contribution in [0.15, 0.2) is 18.2 Å². The molecule has 1 aromatic heterocycles. The average molecular weight is 292 g/mol. The Morgan fingerprint density at radius 3 is 3.00 bits per heavy atom. The van der Waals surface area contributed by atoms with Crippen LogP contribution in [-0.2, 0) is 11.2 Å². The van der Waals surface area contributed by atoms with Crippen molar-refractivity contribution in [3.63, 3.8) is 0 Å². The minimum absolute atomic E-state index is 0.202. The van der Waals surface area contributed by atoms with Crippen LogP contribution in [0.25, 0.3) is 0 Å². The van der Waals surface area contributed by atoms with E-state index in [2.05, 4.69) is 15.5 Å². The summed E-state index contributed by atoms with van der Waals surface area (Å²) >= 11 is 5.93. The number of ether oxygens (including phenoxy) is 1. The van der Waals surface area contributed by atoms with Gasteiger partial charge in [-0.25, -0.2) is 0 Å². The van der Waals surface area contributed by atoms with Crippen LogP contribution in [0.3, 0.4) is 0 Å². The number of aryl methyl sites for hydroxylation is 1. The lowest BCUT2D eigenvalue weighted by Gasteiger charge is -2.10. The Kier molecular flexibility index (Phi) is 3.14. The van der Waals surface area contributed by atoms with Crippen molar-refractivity contribution in [3.8, 4) is 5.75 Å². The van der Waals surface area contributed by atoms with Crippen molar-refractivity contribution >= 4 is 23.3 Å². The first-order chi connectivity index (χ1) is 9.54. The smallest absolute Gasteiger partial charge is 0.267 e. The molecule has 2 aromatic rings. The first kappa shape index (κ1) is 13.0. The molecular weight excluding hydrogens is 278 g/mol. The molecule has 0 spiro atoms. The van der Waals surface area contributed by atoms with Crippen molar-refractivity contribution in [2.24, 2.45) is 0 Å². The van der Waals surface area contributed by atoms with Gasteiger partial charge in [-0.1, -0.05) is 11.6 Å². The number of carbonyl (C=O) groups excluding carboxylic acids is 1. The fourth-order valence-electron chi connectivity index (χ4n) is 2.17. The largest absolute Gasteiger partial charge is 0.480 e. The van der Waals surface area contributed by atoms with E-state index in [1.165, 1.54) is 0 Å². The van der Waals surface area contributed by atoms with Crippen LogP contribution in [0.2, 0.25) is 5.02 Å². The number of anilines is 1. The van der Waals surface area contributed by atoms with E-state index in [9.17, 15) is 4.79 Å². The Morgan fingerprint density at radius 2 is 2.30 bits per heavy atom. The third-order valence-electron chi connectivity index (χ3n) is 3.48. The standard InChI is InChI=1S/C14H14ClN3O2/c1-7-8(2)17-18-13(7)16-14(19)12-6-9-5-10(15)3-4-11(9)20-12/h3-5,12H,6H2,1-2H3,(H2,16,17,18,19)/t12-/m0/s1. The van der Waals surface area contributed by atoms with Crippen LogP contribution in [0.4, 0.5) is 5.82 Å². The summed E-state index contributed by atoms with van der Waals surface area (Å²) in [7, 11) is 0. The van der Waals surface area contributed by atoms with Crippen molar-refractivity contribution in [3.05, 3.63) is 40.0 Å². The highest BCUT2D eigenvalue weighted by atomic mass is 35.5. The van der Waals surface area contributed by atoms with Crippen molar-refractivity contribution in [2.75, 3.05) is 5.32 Å². The molecule has 0 saturated heterocycles. The van der Waals surface area contributed by atoms with Crippen LogP contribution >= 0.6 is 11.6 Å². The third-order valence-corrected chi connectivity index (χ3v) is 3.72. The van der Waals surface area contributed by atoms with Crippen molar-refractivity contribution in [1.82, 2.24) is 10.2 Å². The van der Waals surface area contributed by atoms with Crippen LogP contribution in [0.1, 0.15) is 16.8 Å². The fourth-order valence-corrected chi connectivity index (χ4v) is 2.36. The summed E-state index contributed by atoms with van der Waals surface area (Å²) in [6.07, 6.45) is -0.0237. The SMILES string of the molecule is Cc1[nH]nc(NC(=O)[C@@H]2Cc3cc(Cl)ccc3O2)c1C. The molecule has 1 atom stereocenters. The Bertz CT molecular complexity index is 681. The van der Waals surface area contributed by atoms with Crippen molar-refractivity contribution < 1.29 is 9.53 Å². The highest BCUT2D eigenvalue weighted by molar-refractivity contribution is 6.30. The molecule has 1 aliphatic heterocycles. The zero-order valence-corrected chi connectivity index (χ0v) is 11.9. The van der Waals surface area contributed by atoms with Gasteiger partial charge in [0.25, 0.3) is 5.91 Å². The molecule has 1 aromatic carbocycles. The van der Waals surface area contributed by atoms with Gasteiger partial charge in [-0.2, -0.15) is 5.10 Å². The molecule has 2 N–H and O–H groups in total. The average Bonchev–Trinajstić information content (AvgIpc) is 2.96. The normalized spacial score (nSPS) is 16.6. The minimum atomic E-state index is -0.542. The summed E-state index contributed by atoms with van der Waals surface area (Å²) in [4.78, 5) is 12.2. The van der Waals surface area contributed by atoms with Crippen LogP contribution in [-0.4, -0.2) is 22.2 Å². The molecule has 3 rings (SSSR count). The number of fused-ring (bicyclic) bond motifs is 1. The number of hydrogen-bond donors (Lipinski definition) is 2. The highest BCUT2D eigenvalue weighted by Gasteiger charge is 2.29. The van der Waals surface area contributed by atoms with Gasteiger partial charge in [-0.15, -0.1) is 0 Å². The van der Waals surface area contributed by atoms with Gasteiger partial charge in [0.1, 0.15) is 5.75 Å². The molecule has 1 aliphatic rings. The van der Waals surface area contributed by atoms with Crippen LogP contribution in [0.5, 0.6) is 5.75 Å². The van der Waals surface area contributed by atoms with Crippen LogP contribution in [0, 0.1) is 13.8 Å². The molecule has 5 nitrogen and oxygen atoms in total. The van der Waals surface area contributed by atoms with Crippen molar-refractivity contribution in [1.29, 1.82) is 0 Å². The van der Waals surface area contributed by atoms with E-state index in [0.717, 1.165) is 16.8 Å². The Morgan fingerprint density at radius 1 is 1.50 bits per heavy atom. The Hall–Kier alpha value is -2.01. The molecule has 2 heterocycles. The molecular formula is C14H14ClN3O2. The molecule has 0 aliphatic carbocycles. The van der Waals surface area contributed by atoms with Gasteiger partial charge >= 0.3 is 0 Å². The second-order valence-corrected chi connectivity index (χ2v) is 5.31. The molecule has 0 bridgehead atoms. The summed E-state index contributed by atoms with van der Waals surface area (Å²) in [5, 5.41) is 10.3. The summed E-state index contributed by atoms with van der Waals surface area (Å²) in [5.74, 6) is 1.06. The summed E-state index contributed by atoms with van der Waals surface area (Å²) < 4.78 is 5.63. The van der Waals surface area contributed by atoms with Gasteiger partial charge in [0.2, 0.25) is 0 Å². The number of H-pyrrole nitrogens is 1. The number of nitrogens with one attached hydrogen (secondary N) is 2. The lowest BCUT2D eigenvalue weighted by molar-refractivity contribution is -0.122. The van der Waals surface area contributed by atoms with Gasteiger partial charge in [0.15, 0.2) is 11.9 Å². The first-order valence-corrected chi connectivity index (χ1v) is 6.70. The number of carbonyl (C=O) groups is 1. The fraction of sp³-hybridized carbons (Fsp3) is 0.286. The molecule has 0 saturated carbocycles. The Balaban J connectivity index is 1.73. The maximum Gasteiger partial charge on any atom is 0.267 e. The molecule has 1 amide bonds. The topological polar surface area (TPSA) is 67.0 Å². The zero-order chi connectivity index (χ0) is 14.3. The van der Waals surface area contributed by atoms with E-state index in [0.29, 0.717) is 23.0 Å². The molecule has 104 valence electrons. The van der Waals surface area contributed by atoms with Crippen LogP contribution < -0.4 is 10.1 Å². The number of benzene rings is 1. The molecule has 0 fully saturated rings. The summed E-state index contributed by atoms with van der Waals surface area (Å²) in [6.45, 7) is 3.81. The predicted octanol–water partition coefficient (Wildman–Crippen LogP) is 2.62. The second-order valence-electron chi connectivity index (χ2n) is 4.87. The number of halogens is 1. The number of hydrogen-bond acceptors (Lipinski definition) is 3. The van der Waals surface area contributed by atoms with E-state index < -0.39 is 6.10 Å². The van der Waals surface area contributed by atoms with E-state index >= 15 is 0 Å². The second kappa shape index (κ2) is 4.83. The van der Waals surface area contributed by atoms with E-state index in [1.54, 1.807) is 12.1 Å². The number of aromatic nitrogens is 2. The number of amides is 1. The number of rotatable bonds is 2. The van der Waals surface area contributed by atoms with E-state index in [1.807, 2.05) is 19.9 Å². The lowest BCUT2D eigenvalue weighted by Crippen LogP contribution is -2.31. The van der Waals surface area contributed by atoms with E-state index in [4.69, 9.17) is 16.3 Å². The van der Waals surface area contributed by atoms with Gasteiger partial charge < -0.3 is 10.1 Å². The van der Waals surface area contributed by atoms with Gasteiger partial charge in [0.05, 0.1) is 0 Å². The first-order valence-electron chi connectivity index (χ1n) is 6.32. The molecule has 20 heavy (non-hydrogen) atoms. The Labute approximate surface area is 121 Å². The maximum atomic E-state index is 12.2. The third kappa shape index (κ3) is 2.25. The monoisotopic (exact) mass is 291 g/mol. The summed E-state index contributed by atoms with van der Waals surface area (Å²) in [5.41, 5.74) is 2.81. The summed E-state index contributed by atoms with van der Waals surface area (Å²) in [6, 6.07) is 5.37. The lowest BCUT2D eigenvalue weighted by atomic mass is 10.1. The van der Waals surface area contributed by atoms with Gasteiger partial charge in [-0.05, 0) is 37.6 Å². The highest BCUT2D eigenvalue weighted by Crippen LogP contribution is 2.31.